The van der Waals surface area contributed by atoms with Crippen molar-refractivity contribution in [3.8, 4) is 5.75 Å². The highest BCUT2D eigenvalue weighted by atomic mass is 16.5. The van der Waals surface area contributed by atoms with E-state index in [9.17, 15) is 4.79 Å². The molecule has 2 heterocycles. The van der Waals surface area contributed by atoms with Crippen LogP contribution in [0.3, 0.4) is 0 Å². The molecule has 33 heavy (non-hydrogen) atoms. The van der Waals surface area contributed by atoms with Crippen molar-refractivity contribution in [3.05, 3.63) is 102 Å². The van der Waals surface area contributed by atoms with E-state index in [1.165, 1.54) is 5.56 Å². The molecular weight excluding hydrogens is 414 g/mol. The number of ether oxygens (including phenoxy) is 1. The summed E-state index contributed by atoms with van der Waals surface area (Å²) in [6, 6.07) is 28.0. The highest BCUT2D eigenvalue weighted by Gasteiger charge is 2.31. The monoisotopic (exact) mass is 439 g/mol. The Bertz CT molecular complexity index is 1220. The number of aromatic nitrogens is 3. The molecule has 0 spiro atoms. The fraction of sp³-hybridized carbons (Fsp3) is 0.192. The quantitative estimate of drug-likeness (QED) is 0.458. The zero-order chi connectivity index (χ0) is 22.6. The number of fused-ring (bicyclic) bond motifs is 1. The van der Waals surface area contributed by atoms with Gasteiger partial charge in [-0.15, -0.1) is 5.10 Å². The lowest BCUT2D eigenvalue weighted by Gasteiger charge is -2.31. The second kappa shape index (κ2) is 9.16. The lowest BCUT2D eigenvalue weighted by Crippen LogP contribution is -2.28. The average Bonchev–Trinajstić information content (AvgIpc) is 3.26. The molecule has 1 aromatic heterocycles. The van der Waals surface area contributed by atoms with Gasteiger partial charge < -0.3 is 10.1 Å². The van der Waals surface area contributed by atoms with Gasteiger partial charge in [0, 0.05) is 0 Å². The van der Waals surface area contributed by atoms with Crippen molar-refractivity contribution in [2.75, 3.05) is 17.7 Å². The van der Waals surface area contributed by atoms with Gasteiger partial charge in [-0.1, -0.05) is 72.8 Å². The molecule has 7 nitrogen and oxygen atoms in total. The van der Waals surface area contributed by atoms with Crippen molar-refractivity contribution in [2.24, 2.45) is 0 Å². The minimum absolute atomic E-state index is 0.0374. The zero-order valence-electron chi connectivity index (χ0n) is 18.3. The molecule has 0 unspecified atom stereocenters. The molecule has 2 N–H and O–H groups in total. The molecule has 166 valence electrons. The van der Waals surface area contributed by atoms with Crippen LogP contribution in [-0.4, -0.2) is 27.8 Å². The van der Waals surface area contributed by atoms with Crippen LogP contribution in [0, 0.1) is 0 Å². The van der Waals surface area contributed by atoms with Gasteiger partial charge in [0.2, 0.25) is 11.9 Å². The Balaban J connectivity index is 1.43. The van der Waals surface area contributed by atoms with Crippen LogP contribution in [0.15, 0.2) is 84.9 Å². The van der Waals surface area contributed by atoms with Crippen molar-refractivity contribution < 1.29 is 9.53 Å². The second-order valence-electron chi connectivity index (χ2n) is 8.05. The first kappa shape index (κ1) is 20.8. The third-order valence-electron chi connectivity index (χ3n) is 5.85. The van der Waals surface area contributed by atoms with E-state index in [0.717, 1.165) is 23.3 Å². The van der Waals surface area contributed by atoms with Gasteiger partial charge in [-0.05, 0) is 35.2 Å². The minimum Gasteiger partial charge on any atom is -0.497 e. The van der Waals surface area contributed by atoms with E-state index in [0.29, 0.717) is 11.9 Å². The maximum Gasteiger partial charge on any atom is 0.250 e. The van der Waals surface area contributed by atoms with Crippen LogP contribution >= 0.6 is 0 Å². The average molecular weight is 440 g/mol. The smallest absolute Gasteiger partial charge is 0.250 e. The highest BCUT2D eigenvalue weighted by Crippen LogP contribution is 2.38. The van der Waals surface area contributed by atoms with E-state index in [1.807, 2.05) is 65.3 Å². The van der Waals surface area contributed by atoms with Crippen LogP contribution in [0.1, 0.15) is 35.2 Å². The minimum atomic E-state index is -0.148. The molecule has 3 aromatic carbocycles. The summed E-state index contributed by atoms with van der Waals surface area (Å²) in [5.74, 6) is 1.58. The number of carbonyl (C=O) groups excluding carboxylic acids is 1. The largest absolute Gasteiger partial charge is 0.497 e. The first-order chi connectivity index (χ1) is 16.2. The Labute approximate surface area is 192 Å². The molecule has 0 fully saturated rings. The van der Waals surface area contributed by atoms with Crippen molar-refractivity contribution in [2.45, 2.75) is 24.9 Å². The summed E-state index contributed by atoms with van der Waals surface area (Å²) in [7, 11) is 1.66. The lowest BCUT2D eigenvalue weighted by atomic mass is 9.93. The Hall–Kier alpha value is -4.13. The molecule has 1 amide bonds. The van der Waals surface area contributed by atoms with Crippen molar-refractivity contribution in [3.63, 3.8) is 0 Å². The molecule has 5 rings (SSSR count). The van der Waals surface area contributed by atoms with E-state index in [-0.39, 0.29) is 24.4 Å². The molecular formula is C26H25N5O2. The lowest BCUT2D eigenvalue weighted by molar-refractivity contribution is -0.115. The zero-order valence-corrected chi connectivity index (χ0v) is 18.3. The number of methoxy groups -OCH3 is 1. The number of amides is 1. The molecule has 0 saturated carbocycles. The van der Waals surface area contributed by atoms with Gasteiger partial charge in [0.25, 0.3) is 5.95 Å². The molecule has 0 aliphatic carbocycles. The van der Waals surface area contributed by atoms with Gasteiger partial charge >= 0.3 is 0 Å². The molecule has 0 bridgehead atoms. The molecule has 0 radical (unpaired) electrons. The number of rotatable bonds is 6. The maximum absolute atomic E-state index is 12.6. The van der Waals surface area contributed by atoms with E-state index in [1.54, 1.807) is 7.11 Å². The Morgan fingerprint density at radius 2 is 1.70 bits per heavy atom. The van der Waals surface area contributed by atoms with Crippen LogP contribution in [0.5, 0.6) is 5.75 Å². The normalized spacial score (nSPS) is 17.0. The summed E-state index contributed by atoms with van der Waals surface area (Å²) in [6.45, 7) is 0. The van der Waals surface area contributed by atoms with Gasteiger partial charge in [-0.2, -0.15) is 4.98 Å². The second-order valence-corrected chi connectivity index (χ2v) is 8.05. The van der Waals surface area contributed by atoms with E-state index in [4.69, 9.17) is 4.74 Å². The summed E-state index contributed by atoms with van der Waals surface area (Å²) < 4.78 is 7.18. The van der Waals surface area contributed by atoms with Crippen LogP contribution < -0.4 is 15.4 Å². The van der Waals surface area contributed by atoms with Gasteiger partial charge in [-0.25, -0.2) is 4.68 Å². The van der Waals surface area contributed by atoms with Crippen molar-refractivity contribution in [1.29, 1.82) is 0 Å². The first-order valence-corrected chi connectivity index (χ1v) is 11.0. The van der Waals surface area contributed by atoms with Gasteiger partial charge in [-0.3, -0.25) is 10.1 Å². The van der Waals surface area contributed by atoms with Crippen LogP contribution in [-0.2, 0) is 11.2 Å². The summed E-state index contributed by atoms with van der Waals surface area (Å²) >= 11 is 0. The molecule has 0 saturated heterocycles. The van der Waals surface area contributed by atoms with Crippen molar-refractivity contribution >= 4 is 17.8 Å². The number of nitrogens with zero attached hydrogens (tertiary/aromatic N) is 3. The Kier molecular flexibility index (Phi) is 5.76. The number of anilines is 2. The Morgan fingerprint density at radius 1 is 1.00 bits per heavy atom. The Morgan fingerprint density at radius 3 is 2.39 bits per heavy atom. The number of benzene rings is 3. The first-order valence-electron chi connectivity index (χ1n) is 11.0. The van der Waals surface area contributed by atoms with Crippen LogP contribution in [0.25, 0.3) is 0 Å². The van der Waals surface area contributed by atoms with E-state index >= 15 is 0 Å². The topological polar surface area (TPSA) is 81.1 Å². The van der Waals surface area contributed by atoms with Gasteiger partial charge in [0.1, 0.15) is 5.75 Å². The fourth-order valence-corrected chi connectivity index (χ4v) is 4.19. The molecule has 1 aliphatic rings. The molecule has 2 atom stereocenters. The fourth-order valence-electron chi connectivity index (χ4n) is 4.19. The third kappa shape index (κ3) is 4.57. The van der Waals surface area contributed by atoms with Gasteiger partial charge in [0.05, 0.1) is 25.6 Å². The maximum atomic E-state index is 12.6. The standard InChI is InChI=1S/C26H25N5O2/c1-33-21-14-12-20(13-15-21)23-17-22(19-10-6-3-7-11-19)27-26-29-25(30-31(23)26)28-24(32)16-18-8-4-2-5-9-18/h2-15,22-23H,16-17H2,1H3,(H2,27,28,29,30,32)/t22-,23-/m0/s1. The summed E-state index contributed by atoms with van der Waals surface area (Å²) in [4.78, 5) is 17.2. The number of hydrogen-bond donors (Lipinski definition) is 2. The third-order valence-corrected chi connectivity index (χ3v) is 5.85. The van der Waals surface area contributed by atoms with E-state index in [2.05, 4.69) is 45.0 Å². The SMILES string of the molecule is COc1ccc([C@@H]2C[C@@H](c3ccccc3)Nc3nc(NC(=O)Cc4ccccc4)nn32)cc1. The number of hydrogen-bond acceptors (Lipinski definition) is 5. The van der Waals surface area contributed by atoms with Crippen LogP contribution in [0.4, 0.5) is 11.9 Å². The molecule has 7 heteroatoms. The summed E-state index contributed by atoms with van der Waals surface area (Å²) in [5.41, 5.74) is 3.23. The van der Waals surface area contributed by atoms with Crippen molar-refractivity contribution in [1.82, 2.24) is 14.8 Å². The number of nitrogens with one attached hydrogen (secondary N) is 2. The summed E-state index contributed by atoms with van der Waals surface area (Å²) in [6.07, 6.45) is 1.07. The molecule has 4 aromatic rings. The van der Waals surface area contributed by atoms with Crippen LogP contribution in [0.2, 0.25) is 0 Å². The van der Waals surface area contributed by atoms with E-state index < -0.39 is 0 Å². The highest BCUT2D eigenvalue weighted by molar-refractivity contribution is 5.90. The predicted molar refractivity (Wildman–Crippen MR) is 127 cm³/mol. The number of carbonyl (C=O) groups is 1. The van der Waals surface area contributed by atoms with Gasteiger partial charge in [0.15, 0.2) is 0 Å². The predicted octanol–water partition coefficient (Wildman–Crippen LogP) is 4.61. The molecule has 1 aliphatic heterocycles. The summed E-state index contributed by atoms with van der Waals surface area (Å²) in [5, 5.41) is 11.0.